The first-order valence-electron chi connectivity index (χ1n) is 13.8. The van der Waals surface area contributed by atoms with E-state index < -0.39 is 97.1 Å². The molecule has 1 aliphatic carbocycles. The molecular weight excluding hydrogens is 550 g/mol. The summed E-state index contributed by atoms with van der Waals surface area (Å²) < 4.78 is 23.1. The van der Waals surface area contributed by atoms with Gasteiger partial charge in [-0.2, -0.15) is 0 Å². The van der Waals surface area contributed by atoms with Crippen LogP contribution in [0.5, 0.6) is 0 Å². The molecule has 17 heteroatoms. The molecule has 41 heavy (non-hydrogen) atoms. The minimum atomic E-state index is -1.69. The fourth-order valence-corrected chi connectivity index (χ4v) is 5.48. The highest BCUT2D eigenvalue weighted by atomic mass is 16.7. The molecule has 2 aliphatic heterocycles. The van der Waals surface area contributed by atoms with Crippen LogP contribution in [-0.4, -0.2) is 166 Å². The largest absolute Gasteiger partial charge is 0.388 e. The molecule has 15 atom stereocenters. The number of likely N-dealkylation sites (N-methyl/N-ethyl adjacent to an activating group) is 2. The standard InChI is InChI=1S/C24H47N5O12/c1-4-28-7-12-13(31)14(32)15(33)23(39-12)40-18-9(26)5-10(29-21(36)11(30)6-25)19(16(18)34)41-22-17(35)20(27-3)24(2,37)8-38-22/h9-20,22-23,27-28,30-35,37H,4-8,25-26H2,1-3H3,(H,29,36). The smallest absolute Gasteiger partial charge is 0.250 e. The van der Waals surface area contributed by atoms with Crippen LogP contribution in [0.4, 0.5) is 0 Å². The van der Waals surface area contributed by atoms with E-state index in [1.54, 1.807) is 0 Å². The Morgan fingerprint density at radius 2 is 1.71 bits per heavy atom. The summed E-state index contributed by atoms with van der Waals surface area (Å²) in [4.78, 5) is 12.5. The highest BCUT2D eigenvalue weighted by Gasteiger charge is 2.53. The summed E-state index contributed by atoms with van der Waals surface area (Å²) in [7, 11) is 1.53. The number of aliphatic hydroxyl groups excluding tert-OH is 6. The molecule has 2 saturated heterocycles. The van der Waals surface area contributed by atoms with Crippen molar-refractivity contribution < 1.29 is 59.5 Å². The summed E-state index contributed by atoms with van der Waals surface area (Å²) in [5.41, 5.74) is 10.3. The lowest BCUT2D eigenvalue weighted by Crippen LogP contribution is -2.70. The van der Waals surface area contributed by atoms with Crippen molar-refractivity contribution in [1.82, 2.24) is 16.0 Å². The number of nitrogens with one attached hydrogen (secondary N) is 3. The van der Waals surface area contributed by atoms with Gasteiger partial charge in [-0.3, -0.25) is 4.79 Å². The van der Waals surface area contributed by atoms with E-state index in [0.29, 0.717) is 6.54 Å². The number of carbonyl (C=O) groups excluding carboxylic acids is 1. The maximum Gasteiger partial charge on any atom is 0.250 e. The molecule has 0 radical (unpaired) electrons. The van der Waals surface area contributed by atoms with Gasteiger partial charge in [0, 0.05) is 19.1 Å². The van der Waals surface area contributed by atoms with Crippen LogP contribution in [0, 0.1) is 0 Å². The topological polar surface area (TPSA) is 284 Å². The Morgan fingerprint density at radius 1 is 1.05 bits per heavy atom. The minimum absolute atomic E-state index is 0.0692. The molecular formula is C24H47N5O12. The molecule has 1 saturated carbocycles. The van der Waals surface area contributed by atoms with Crippen LogP contribution in [0.1, 0.15) is 20.3 Å². The predicted molar refractivity (Wildman–Crippen MR) is 140 cm³/mol. The first-order valence-corrected chi connectivity index (χ1v) is 13.8. The number of carbonyl (C=O) groups is 1. The normalized spacial score (nSPS) is 46.2. The molecule has 0 spiro atoms. The fraction of sp³-hybridized carbons (Fsp3) is 0.958. The maximum atomic E-state index is 12.5. The monoisotopic (exact) mass is 597 g/mol. The Morgan fingerprint density at radius 3 is 2.32 bits per heavy atom. The van der Waals surface area contributed by atoms with Crippen molar-refractivity contribution in [1.29, 1.82) is 0 Å². The summed E-state index contributed by atoms with van der Waals surface area (Å²) in [5, 5.41) is 82.4. The second-order valence-electron chi connectivity index (χ2n) is 11.1. The molecule has 2 heterocycles. The van der Waals surface area contributed by atoms with E-state index in [1.165, 1.54) is 14.0 Å². The third kappa shape index (κ3) is 7.69. The molecule has 17 nitrogen and oxygen atoms in total. The minimum Gasteiger partial charge on any atom is -0.388 e. The van der Waals surface area contributed by atoms with Crippen LogP contribution in [0.15, 0.2) is 0 Å². The van der Waals surface area contributed by atoms with Crippen LogP contribution in [0.3, 0.4) is 0 Å². The molecule has 0 aromatic rings. The van der Waals surface area contributed by atoms with Crippen LogP contribution in [-0.2, 0) is 23.7 Å². The number of hydrogen-bond acceptors (Lipinski definition) is 16. The van der Waals surface area contributed by atoms with Crippen LogP contribution >= 0.6 is 0 Å². The van der Waals surface area contributed by atoms with Crippen LogP contribution in [0.25, 0.3) is 0 Å². The van der Waals surface area contributed by atoms with E-state index in [2.05, 4.69) is 16.0 Å². The number of aliphatic hydroxyl groups is 7. The summed E-state index contributed by atoms with van der Waals surface area (Å²) in [6, 6.07) is -2.89. The van der Waals surface area contributed by atoms with Gasteiger partial charge < -0.3 is 82.1 Å². The van der Waals surface area contributed by atoms with Crippen molar-refractivity contribution in [2.75, 3.05) is 33.3 Å². The van der Waals surface area contributed by atoms with E-state index >= 15 is 0 Å². The Labute approximate surface area is 238 Å². The van der Waals surface area contributed by atoms with E-state index in [9.17, 15) is 40.5 Å². The first kappa shape index (κ1) is 34.4. The van der Waals surface area contributed by atoms with Gasteiger partial charge >= 0.3 is 0 Å². The lowest BCUT2D eigenvalue weighted by atomic mass is 9.83. The zero-order valence-electron chi connectivity index (χ0n) is 23.4. The van der Waals surface area contributed by atoms with Gasteiger partial charge in [0.25, 0.3) is 0 Å². The zero-order chi connectivity index (χ0) is 30.6. The zero-order valence-corrected chi connectivity index (χ0v) is 23.4. The quantitative estimate of drug-likeness (QED) is 0.105. The van der Waals surface area contributed by atoms with Crippen LogP contribution in [0.2, 0.25) is 0 Å². The van der Waals surface area contributed by atoms with Gasteiger partial charge in [0.15, 0.2) is 12.6 Å². The molecule has 0 aromatic heterocycles. The van der Waals surface area contributed by atoms with E-state index in [-0.39, 0.29) is 26.1 Å². The van der Waals surface area contributed by atoms with E-state index in [0.717, 1.165) is 0 Å². The third-order valence-electron chi connectivity index (χ3n) is 7.86. The van der Waals surface area contributed by atoms with E-state index in [4.69, 9.17) is 30.4 Å². The molecule has 3 aliphatic rings. The first-order chi connectivity index (χ1) is 19.3. The van der Waals surface area contributed by atoms with Crippen molar-refractivity contribution in [3.63, 3.8) is 0 Å². The maximum absolute atomic E-state index is 12.5. The highest BCUT2D eigenvalue weighted by Crippen LogP contribution is 2.32. The Hall–Kier alpha value is -1.13. The lowest BCUT2D eigenvalue weighted by molar-refractivity contribution is -0.330. The van der Waals surface area contributed by atoms with E-state index in [1.807, 2.05) is 6.92 Å². The number of hydrogen-bond donors (Lipinski definition) is 12. The number of amides is 1. The molecule has 0 bridgehead atoms. The van der Waals surface area contributed by atoms with Gasteiger partial charge in [0.05, 0.1) is 18.7 Å². The number of nitrogens with two attached hydrogens (primary N) is 2. The van der Waals surface area contributed by atoms with Crippen molar-refractivity contribution in [2.45, 2.75) is 112 Å². The van der Waals surface area contributed by atoms with Gasteiger partial charge in [-0.05, 0) is 26.9 Å². The average Bonchev–Trinajstić information content (AvgIpc) is 2.92. The van der Waals surface area contributed by atoms with Gasteiger partial charge in [-0.25, -0.2) is 0 Å². The summed E-state index contributed by atoms with van der Waals surface area (Å²) >= 11 is 0. The van der Waals surface area contributed by atoms with Crippen molar-refractivity contribution in [3.8, 4) is 0 Å². The summed E-state index contributed by atoms with van der Waals surface area (Å²) in [5.74, 6) is -0.847. The van der Waals surface area contributed by atoms with Crippen molar-refractivity contribution in [3.05, 3.63) is 0 Å². The van der Waals surface area contributed by atoms with Crippen molar-refractivity contribution >= 4 is 5.91 Å². The second-order valence-corrected chi connectivity index (χ2v) is 11.1. The molecule has 3 rings (SSSR count). The Bertz CT molecular complexity index is 845. The number of ether oxygens (including phenoxy) is 4. The molecule has 15 unspecified atom stereocenters. The molecule has 3 fully saturated rings. The van der Waals surface area contributed by atoms with Gasteiger partial charge in [0.1, 0.15) is 60.5 Å². The summed E-state index contributed by atoms with van der Waals surface area (Å²) in [6.45, 7) is 3.38. The number of rotatable bonds is 11. The predicted octanol–water partition coefficient (Wildman–Crippen LogP) is -6.87. The average molecular weight is 598 g/mol. The molecule has 240 valence electrons. The van der Waals surface area contributed by atoms with Gasteiger partial charge in [-0.15, -0.1) is 0 Å². The van der Waals surface area contributed by atoms with Crippen molar-refractivity contribution in [2.24, 2.45) is 11.5 Å². The third-order valence-corrected chi connectivity index (χ3v) is 7.86. The Kier molecular flexibility index (Phi) is 12.2. The Balaban J connectivity index is 1.83. The van der Waals surface area contributed by atoms with Gasteiger partial charge in [-0.1, -0.05) is 6.92 Å². The molecule has 1 amide bonds. The summed E-state index contributed by atoms with van der Waals surface area (Å²) in [6.07, 6.45) is -15.9. The lowest BCUT2D eigenvalue weighted by Gasteiger charge is -2.49. The molecule has 0 aromatic carbocycles. The SMILES string of the molecule is CCNCC1OC(OC2C(N)CC(NC(=O)C(O)CN)C(OC3OCC(C)(O)C(NC)C3O)C2O)C(O)C(O)C1O. The van der Waals surface area contributed by atoms with Gasteiger partial charge in [0.2, 0.25) is 5.91 Å². The highest BCUT2D eigenvalue weighted by molar-refractivity contribution is 5.81. The fourth-order valence-electron chi connectivity index (χ4n) is 5.48. The second kappa shape index (κ2) is 14.6. The molecule has 14 N–H and O–H groups in total. The van der Waals surface area contributed by atoms with Crippen LogP contribution < -0.4 is 27.4 Å².